The fraction of sp³-hybridized carbons (Fsp3) is 0.211. The van der Waals surface area contributed by atoms with E-state index in [9.17, 15) is 12.8 Å². The molecule has 0 unspecified atom stereocenters. The molecule has 0 spiro atoms. The topological polar surface area (TPSA) is 126 Å². The van der Waals surface area contributed by atoms with Crippen LogP contribution in [0.5, 0.6) is 17.4 Å². The van der Waals surface area contributed by atoms with Gasteiger partial charge in [-0.1, -0.05) is 16.9 Å². The summed E-state index contributed by atoms with van der Waals surface area (Å²) in [6.45, 7) is 0.531. The molecule has 3 heterocycles. The van der Waals surface area contributed by atoms with Crippen molar-refractivity contribution in [2.24, 2.45) is 0 Å². The quantitative estimate of drug-likeness (QED) is 0.348. The van der Waals surface area contributed by atoms with Crippen molar-refractivity contribution in [1.29, 1.82) is 0 Å². The zero-order chi connectivity index (χ0) is 23.6. The number of alkyl halides is 1. The number of aryl methyl sites for hydroxylation is 1. The number of nitrogens with zero attached hydrogens (tertiary/aromatic N) is 3. The number of hydrogen-bond donors (Lipinski definition) is 1. The van der Waals surface area contributed by atoms with E-state index >= 15 is 0 Å². The number of pyridine rings is 1. The molecule has 0 fully saturated rings. The van der Waals surface area contributed by atoms with Crippen LogP contribution in [0.1, 0.15) is 5.69 Å². The Labute approximate surface area is 196 Å². The first-order chi connectivity index (χ1) is 15.9. The average molecular weight is 513 g/mol. The maximum Gasteiger partial charge on any atom is 0.272 e. The Kier molecular flexibility index (Phi) is 6.58. The van der Waals surface area contributed by atoms with Crippen molar-refractivity contribution in [3.63, 3.8) is 0 Å². The van der Waals surface area contributed by atoms with Gasteiger partial charge in [-0.2, -0.15) is 0 Å². The molecule has 0 amide bonds. The molecule has 1 N–H and O–H groups in total. The zero-order valence-electron chi connectivity index (χ0n) is 17.5. The van der Waals surface area contributed by atoms with Gasteiger partial charge in [0.05, 0.1) is 14.2 Å². The number of ether oxygens (including phenoxy) is 3. The zero-order valence-corrected chi connectivity index (χ0v) is 19.9. The number of anilines is 1. The molecular formula is C19H17FN4O6S3. The SMILES string of the molecule is COc1cc(C)nc(OC)c1S(=O)(=O)Nc1noc2cc(Sc3nccs3)cc(OCF)c12. The monoisotopic (exact) mass is 512 g/mol. The number of thiazole rings is 1. The van der Waals surface area contributed by atoms with E-state index in [1.165, 1.54) is 43.4 Å². The lowest BCUT2D eigenvalue weighted by atomic mass is 10.2. The van der Waals surface area contributed by atoms with Crippen LogP contribution in [0.3, 0.4) is 0 Å². The average Bonchev–Trinajstić information content (AvgIpc) is 3.43. The van der Waals surface area contributed by atoms with Gasteiger partial charge in [0, 0.05) is 28.2 Å². The predicted molar refractivity (Wildman–Crippen MR) is 120 cm³/mol. The smallest absolute Gasteiger partial charge is 0.272 e. The van der Waals surface area contributed by atoms with E-state index in [0.717, 1.165) is 4.34 Å². The van der Waals surface area contributed by atoms with Crippen LogP contribution < -0.4 is 18.9 Å². The molecule has 0 radical (unpaired) electrons. The van der Waals surface area contributed by atoms with Gasteiger partial charge in [-0.05, 0) is 19.1 Å². The van der Waals surface area contributed by atoms with Crippen molar-refractivity contribution in [3.8, 4) is 17.4 Å². The Bertz CT molecular complexity index is 1370. The van der Waals surface area contributed by atoms with Crippen molar-refractivity contribution < 1.29 is 31.5 Å². The number of halogens is 1. The maximum absolute atomic E-state index is 13.2. The summed E-state index contributed by atoms with van der Waals surface area (Å²) in [5.74, 6) is -0.269. The Hall–Kier alpha value is -3.10. The number of aromatic nitrogens is 3. The van der Waals surface area contributed by atoms with Gasteiger partial charge in [-0.25, -0.2) is 22.8 Å². The Balaban J connectivity index is 1.78. The molecule has 0 bridgehead atoms. The van der Waals surface area contributed by atoms with Crippen LogP contribution in [0.25, 0.3) is 11.0 Å². The maximum atomic E-state index is 13.2. The van der Waals surface area contributed by atoms with Gasteiger partial charge >= 0.3 is 0 Å². The third kappa shape index (κ3) is 4.67. The largest absolute Gasteiger partial charge is 0.495 e. The molecule has 1 aromatic carbocycles. The number of methoxy groups -OCH3 is 2. The van der Waals surface area contributed by atoms with Crippen molar-refractivity contribution in [1.82, 2.24) is 15.1 Å². The number of hydrogen-bond acceptors (Lipinski definition) is 11. The highest BCUT2D eigenvalue weighted by molar-refractivity contribution is 8.01. The molecule has 4 rings (SSSR count). The van der Waals surface area contributed by atoms with Gasteiger partial charge in [0.2, 0.25) is 12.7 Å². The molecule has 3 aromatic heterocycles. The van der Waals surface area contributed by atoms with Gasteiger partial charge in [-0.3, -0.25) is 4.72 Å². The number of fused-ring (bicyclic) bond motifs is 1. The minimum atomic E-state index is -4.31. The van der Waals surface area contributed by atoms with Gasteiger partial charge in [0.1, 0.15) is 16.9 Å². The van der Waals surface area contributed by atoms with Crippen LogP contribution in [-0.4, -0.2) is 44.6 Å². The lowest BCUT2D eigenvalue weighted by molar-refractivity contribution is 0.193. The number of benzene rings is 1. The summed E-state index contributed by atoms with van der Waals surface area (Å²) in [6.07, 6.45) is 1.66. The molecule has 0 aliphatic rings. The lowest BCUT2D eigenvalue weighted by Gasteiger charge is -2.14. The summed E-state index contributed by atoms with van der Waals surface area (Å²) in [6, 6.07) is 4.64. The van der Waals surface area contributed by atoms with E-state index in [1.807, 2.05) is 5.38 Å². The summed E-state index contributed by atoms with van der Waals surface area (Å²) in [5.41, 5.74) is 0.692. The van der Waals surface area contributed by atoms with Crippen LogP contribution >= 0.6 is 23.1 Å². The van der Waals surface area contributed by atoms with E-state index in [-0.39, 0.29) is 39.1 Å². The van der Waals surface area contributed by atoms with Gasteiger partial charge < -0.3 is 18.7 Å². The summed E-state index contributed by atoms with van der Waals surface area (Å²) in [4.78, 5) is 8.63. The fourth-order valence-corrected chi connectivity index (χ4v) is 5.91. The second kappa shape index (κ2) is 9.41. The van der Waals surface area contributed by atoms with E-state index < -0.39 is 16.9 Å². The number of nitrogens with one attached hydrogen (secondary N) is 1. The highest BCUT2D eigenvalue weighted by Crippen LogP contribution is 2.41. The molecule has 0 aliphatic carbocycles. The summed E-state index contributed by atoms with van der Waals surface area (Å²) in [7, 11) is -1.69. The first-order valence-electron chi connectivity index (χ1n) is 9.18. The van der Waals surface area contributed by atoms with Crippen molar-refractivity contribution in [2.45, 2.75) is 21.1 Å². The highest BCUT2D eigenvalue weighted by Gasteiger charge is 2.29. The second-order valence-electron chi connectivity index (χ2n) is 6.39. The summed E-state index contributed by atoms with van der Waals surface area (Å²) >= 11 is 2.75. The number of sulfonamides is 1. The van der Waals surface area contributed by atoms with E-state index in [2.05, 4.69) is 19.8 Å². The van der Waals surface area contributed by atoms with E-state index in [1.54, 1.807) is 25.3 Å². The van der Waals surface area contributed by atoms with Crippen molar-refractivity contribution >= 4 is 49.9 Å². The summed E-state index contributed by atoms with van der Waals surface area (Å²) in [5, 5.41) is 5.80. The van der Waals surface area contributed by atoms with Crippen LogP contribution in [0.15, 0.2) is 48.4 Å². The Morgan fingerprint density at radius 2 is 2.03 bits per heavy atom. The molecule has 0 saturated carbocycles. The number of rotatable bonds is 9. The molecule has 10 nitrogen and oxygen atoms in total. The first kappa shape index (κ1) is 23.1. The minimum Gasteiger partial charge on any atom is -0.495 e. The van der Waals surface area contributed by atoms with Crippen molar-refractivity contribution in [3.05, 3.63) is 35.5 Å². The molecular weight excluding hydrogens is 495 g/mol. The third-order valence-corrected chi connectivity index (χ3v) is 7.52. The van der Waals surface area contributed by atoms with Crippen LogP contribution in [0.2, 0.25) is 0 Å². The van der Waals surface area contributed by atoms with Crippen molar-refractivity contribution in [2.75, 3.05) is 25.8 Å². The molecule has 0 saturated heterocycles. The van der Waals surface area contributed by atoms with Crippen LogP contribution in [0, 0.1) is 6.92 Å². The standard InChI is InChI=1S/C19H17FN4O6S3/c1-10-6-14(27-2)16(18(22-10)28-3)33(25,26)24-17-15-12(29-9-20)7-11(8-13(15)30-23-17)32-19-21-4-5-31-19/h4-8H,9H2,1-3H3,(H,23,24). The van der Waals surface area contributed by atoms with E-state index in [4.69, 9.17) is 18.7 Å². The van der Waals surface area contributed by atoms with Gasteiger partial charge in [-0.15, -0.1) is 11.3 Å². The van der Waals surface area contributed by atoms with Gasteiger partial charge in [0.25, 0.3) is 10.0 Å². The first-order valence-corrected chi connectivity index (χ1v) is 12.4. The lowest BCUT2D eigenvalue weighted by Crippen LogP contribution is -2.16. The van der Waals surface area contributed by atoms with E-state index in [0.29, 0.717) is 10.6 Å². The predicted octanol–water partition coefficient (Wildman–Crippen LogP) is 4.26. The molecule has 0 atom stereocenters. The molecule has 0 aliphatic heterocycles. The fourth-order valence-electron chi connectivity index (χ4n) is 2.99. The summed E-state index contributed by atoms with van der Waals surface area (Å²) < 4.78 is 63.5. The molecule has 174 valence electrons. The minimum absolute atomic E-state index is 0.0296. The van der Waals surface area contributed by atoms with Crippen LogP contribution in [-0.2, 0) is 10.0 Å². The van der Waals surface area contributed by atoms with Gasteiger partial charge in [0.15, 0.2) is 20.6 Å². The normalized spacial score (nSPS) is 11.5. The Morgan fingerprint density at radius 3 is 2.70 bits per heavy atom. The molecule has 4 aromatic rings. The second-order valence-corrected chi connectivity index (χ2v) is 10.2. The van der Waals surface area contributed by atoms with Crippen LogP contribution in [0.4, 0.5) is 10.2 Å². The molecule has 33 heavy (non-hydrogen) atoms. The third-order valence-electron chi connectivity index (χ3n) is 4.29. The highest BCUT2D eigenvalue weighted by atomic mass is 32.2. The Morgan fingerprint density at radius 1 is 1.21 bits per heavy atom. The molecule has 14 heteroatoms.